The van der Waals surface area contributed by atoms with Gasteiger partial charge >= 0.3 is 0 Å². The van der Waals surface area contributed by atoms with Crippen LogP contribution in [0, 0.1) is 5.82 Å². The van der Waals surface area contributed by atoms with Crippen molar-refractivity contribution in [2.45, 2.75) is 0 Å². The van der Waals surface area contributed by atoms with E-state index < -0.39 is 0 Å². The third-order valence-electron chi connectivity index (χ3n) is 3.41. The predicted octanol–water partition coefficient (Wildman–Crippen LogP) is 1.68. The molecule has 1 aliphatic rings. The molecule has 0 saturated carbocycles. The maximum atomic E-state index is 12.9. The Kier molecular flexibility index (Phi) is 5.41. The maximum Gasteiger partial charge on any atom is 0.225 e. The lowest BCUT2D eigenvalue weighted by molar-refractivity contribution is 0.103. The number of ketones is 1. The topological polar surface area (TPSA) is 58.1 Å². The Morgan fingerprint density at radius 2 is 1.64 bits per heavy atom. The van der Waals surface area contributed by atoms with Crippen LogP contribution in [0.5, 0.6) is 0 Å². The van der Waals surface area contributed by atoms with Crippen LogP contribution < -0.4 is 10.2 Å². The van der Waals surface area contributed by atoms with Crippen molar-refractivity contribution in [2.75, 3.05) is 31.1 Å². The summed E-state index contributed by atoms with van der Waals surface area (Å²) in [5.74, 6) is 0.0610. The third-order valence-corrected chi connectivity index (χ3v) is 3.41. The largest absolute Gasteiger partial charge is 0.338 e. The molecule has 0 unspecified atom stereocenters. The van der Waals surface area contributed by atoms with Crippen molar-refractivity contribution in [3.05, 3.63) is 53.6 Å². The minimum atomic E-state index is -0.364. The summed E-state index contributed by atoms with van der Waals surface area (Å²) in [5.41, 5.74) is 0.829. The number of carbonyl (C=O) groups excluding carboxylic acids is 1. The summed E-state index contributed by atoms with van der Waals surface area (Å²) in [4.78, 5) is 22.8. The van der Waals surface area contributed by atoms with Crippen molar-refractivity contribution in [2.24, 2.45) is 0 Å². The number of aromatic nitrogens is 2. The highest BCUT2D eigenvalue weighted by molar-refractivity contribution is 6.08. The molecule has 2 aromatic rings. The first-order valence-electron chi connectivity index (χ1n) is 6.82. The van der Waals surface area contributed by atoms with Gasteiger partial charge in [0.1, 0.15) is 5.82 Å². The average molecular weight is 323 g/mol. The van der Waals surface area contributed by atoms with E-state index in [-0.39, 0.29) is 24.0 Å². The highest BCUT2D eigenvalue weighted by Gasteiger charge is 2.15. The SMILES string of the molecule is Cl.O=C(c1ccc(F)cc1)c1cnc(N2CCNCC2)nc1. The van der Waals surface area contributed by atoms with Crippen LogP contribution in [0.4, 0.5) is 10.3 Å². The molecular weight excluding hydrogens is 307 g/mol. The van der Waals surface area contributed by atoms with Crippen molar-refractivity contribution in [3.8, 4) is 0 Å². The molecule has 22 heavy (non-hydrogen) atoms. The molecule has 2 heterocycles. The minimum absolute atomic E-state index is 0. The Morgan fingerprint density at radius 1 is 1.05 bits per heavy atom. The molecule has 0 radical (unpaired) electrons. The number of anilines is 1. The van der Waals surface area contributed by atoms with Gasteiger partial charge in [0.2, 0.25) is 5.95 Å². The molecule has 1 aliphatic heterocycles. The molecule has 0 spiro atoms. The molecule has 1 aromatic carbocycles. The summed E-state index contributed by atoms with van der Waals surface area (Å²) in [5, 5.41) is 3.26. The van der Waals surface area contributed by atoms with Gasteiger partial charge in [-0.1, -0.05) is 0 Å². The van der Waals surface area contributed by atoms with Crippen LogP contribution in [0.3, 0.4) is 0 Å². The van der Waals surface area contributed by atoms with E-state index >= 15 is 0 Å². The first-order chi connectivity index (χ1) is 10.2. The first-order valence-corrected chi connectivity index (χ1v) is 6.82. The number of halogens is 2. The molecule has 116 valence electrons. The number of hydrogen-bond acceptors (Lipinski definition) is 5. The van der Waals surface area contributed by atoms with Crippen LogP contribution in [-0.2, 0) is 0 Å². The molecule has 1 N–H and O–H groups in total. The molecule has 5 nitrogen and oxygen atoms in total. The van der Waals surface area contributed by atoms with Crippen LogP contribution >= 0.6 is 12.4 Å². The van der Waals surface area contributed by atoms with E-state index in [1.165, 1.54) is 36.7 Å². The van der Waals surface area contributed by atoms with Gasteiger partial charge < -0.3 is 10.2 Å². The molecule has 7 heteroatoms. The van der Waals surface area contributed by atoms with Gasteiger partial charge in [-0.25, -0.2) is 14.4 Å². The Balaban J connectivity index is 0.00000176. The Labute approximate surface area is 134 Å². The summed E-state index contributed by atoms with van der Waals surface area (Å²) < 4.78 is 12.9. The van der Waals surface area contributed by atoms with Crippen molar-refractivity contribution < 1.29 is 9.18 Å². The number of piperazine rings is 1. The van der Waals surface area contributed by atoms with Gasteiger partial charge in [0.25, 0.3) is 0 Å². The highest BCUT2D eigenvalue weighted by Crippen LogP contribution is 2.12. The van der Waals surface area contributed by atoms with Crippen molar-refractivity contribution in [3.63, 3.8) is 0 Å². The van der Waals surface area contributed by atoms with Crippen molar-refractivity contribution >= 4 is 24.1 Å². The van der Waals surface area contributed by atoms with Gasteiger partial charge in [-0.3, -0.25) is 4.79 Å². The van der Waals surface area contributed by atoms with Crippen LogP contribution in [0.1, 0.15) is 15.9 Å². The lowest BCUT2D eigenvalue weighted by Gasteiger charge is -2.27. The van der Waals surface area contributed by atoms with Crippen LogP contribution in [0.2, 0.25) is 0 Å². The molecule has 0 atom stereocenters. The van der Waals surface area contributed by atoms with Gasteiger partial charge in [0.05, 0.1) is 5.56 Å². The maximum absolute atomic E-state index is 12.9. The monoisotopic (exact) mass is 322 g/mol. The Morgan fingerprint density at radius 3 is 2.23 bits per heavy atom. The van der Waals surface area contributed by atoms with Crippen LogP contribution in [0.15, 0.2) is 36.7 Å². The van der Waals surface area contributed by atoms with E-state index in [0.717, 1.165) is 26.2 Å². The predicted molar refractivity (Wildman–Crippen MR) is 84.2 cm³/mol. The third kappa shape index (κ3) is 3.58. The van der Waals surface area contributed by atoms with E-state index in [1.807, 2.05) is 0 Å². The molecule has 0 aliphatic carbocycles. The van der Waals surface area contributed by atoms with Gasteiger partial charge in [-0.05, 0) is 24.3 Å². The lowest BCUT2D eigenvalue weighted by Crippen LogP contribution is -2.44. The van der Waals surface area contributed by atoms with E-state index in [4.69, 9.17) is 0 Å². The molecule has 1 saturated heterocycles. The molecule has 0 amide bonds. The number of carbonyl (C=O) groups is 1. The lowest BCUT2D eigenvalue weighted by atomic mass is 10.1. The van der Waals surface area contributed by atoms with E-state index in [2.05, 4.69) is 20.2 Å². The number of nitrogens with one attached hydrogen (secondary N) is 1. The smallest absolute Gasteiger partial charge is 0.225 e. The van der Waals surface area contributed by atoms with E-state index in [1.54, 1.807) is 0 Å². The van der Waals surface area contributed by atoms with Gasteiger partial charge in [-0.2, -0.15) is 0 Å². The normalized spacial score (nSPS) is 14.3. The fourth-order valence-corrected chi connectivity index (χ4v) is 2.23. The zero-order valence-electron chi connectivity index (χ0n) is 11.8. The first kappa shape index (κ1) is 16.3. The fourth-order valence-electron chi connectivity index (χ4n) is 2.23. The number of nitrogens with zero attached hydrogens (tertiary/aromatic N) is 3. The van der Waals surface area contributed by atoms with Crippen LogP contribution in [0.25, 0.3) is 0 Å². The molecule has 1 aromatic heterocycles. The molecule has 0 bridgehead atoms. The Bertz CT molecular complexity index is 627. The molecule has 3 rings (SSSR count). The standard InChI is InChI=1S/C15H15FN4O.ClH/c16-13-3-1-11(2-4-13)14(21)12-9-18-15(19-10-12)20-7-5-17-6-8-20;/h1-4,9-10,17H,5-8H2;1H. The molecular formula is C15H16ClFN4O. The number of rotatable bonds is 3. The summed E-state index contributed by atoms with van der Waals surface area (Å²) in [6.07, 6.45) is 3.05. The zero-order valence-corrected chi connectivity index (χ0v) is 12.6. The number of benzene rings is 1. The number of hydrogen-bond donors (Lipinski definition) is 1. The average Bonchev–Trinajstić information content (AvgIpc) is 2.56. The second-order valence-electron chi connectivity index (χ2n) is 4.84. The quantitative estimate of drug-likeness (QED) is 0.871. The van der Waals surface area contributed by atoms with Gasteiger partial charge in [-0.15, -0.1) is 12.4 Å². The summed E-state index contributed by atoms with van der Waals surface area (Å²) in [6.45, 7) is 3.51. The van der Waals surface area contributed by atoms with Crippen molar-refractivity contribution in [1.29, 1.82) is 0 Å². The van der Waals surface area contributed by atoms with Gasteiger partial charge in [0.15, 0.2) is 5.78 Å². The highest BCUT2D eigenvalue weighted by atomic mass is 35.5. The summed E-state index contributed by atoms with van der Waals surface area (Å²) >= 11 is 0. The van der Waals surface area contributed by atoms with Crippen molar-refractivity contribution in [1.82, 2.24) is 15.3 Å². The second kappa shape index (κ2) is 7.29. The van der Waals surface area contributed by atoms with Crippen LogP contribution in [-0.4, -0.2) is 41.9 Å². The fraction of sp³-hybridized carbons (Fsp3) is 0.267. The van der Waals surface area contributed by atoms with E-state index in [9.17, 15) is 9.18 Å². The van der Waals surface area contributed by atoms with E-state index in [0.29, 0.717) is 17.1 Å². The summed E-state index contributed by atoms with van der Waals surface area (Å²) in [6, 6.07) is 5.45. The summed E-state index contributed by atoms with van der Waals surface area (Å²) in [7, 11) is 0. The molecule has 1 fully saturated rings. The van der Waals surface area contributed by atoms with Gasteiger partial charge in [0, 0.05) is 44.1 Å². The minimum Gasteiger partial charge on any atom is -0.338 e. The second-order valence-corrected chi connectivity index (χ2v) is 4.84. The zero-order chi connectivity index (χ0) is 14.7. The Hall–Kier alpha value is -2.05.